The van der Waals surface area contributed by atoms with E-state index in [9.17, 15) is 0 Å². The summed E-state index contributed by atoms with van der Waals surface area (Å²) in [5.41, 5.74) is 0. The molecule has 0 spiro atoms. The van der Waals surface area contributed by atoms with Gasteiger partial charge in [0.2, 0.25) is 0 Å². The lowest BCUT2D eigenvalue weighted by Crippen LogP contribution is -2.52. The molecule has 1 N–H and O–H groups in total. The monoisotopic (exact) mass is 254 g/mol. The number of ether oxygens (including phenoxy) is 1. The summed E-state index contributed by atoms with van der Waals surface area (Å²) >= 11 is 0. The summed E-state index contributed by atoms with van der Waals surface area (Å²) in [6.45, 7) is 5.40. The van der Waals surface area contributed by atoms with Gasteiger partial charge in [0.1, 0.15) is 0 Å². The number of hydrogen-bond acceptors (Lipinski definition) is 3. The number of rotatable bonds is 5. The second kappa shape index (κ2) is 7.46. The third kappa shape index (κ3) is 3.94. The summed E-state index contributed by atoms with van der Waals surface area (Å²) in [4.78, 5) is 2.56. The second-order valence-corrected chi connectivity index (χ2v) is 5.94. The van der Waals surface area contributed by atoms with Crippen LogP contribution in [0.1, 0.15) is 51.9 Å². The zero-order valence-corrected chi connectivity index (χ0v) is 12.2. The summed E-state index contributed by atoms with van der Waals surface area (Å²) in [5.74, 6) is 0. The first-order valence-electron chi connectivity index (χ1n) is 7.86. The van der Waals surface area contributed by atoms with Crippen molar-refractivity contribution >= 4 is 0 Å². The highest BCUT2D eigenvalue weighted by Gasteiger charge is 2.29. The van der Waals surface area contributed by atoms with Crippen LogP contribution in [0.5, 0.6) is 0 Å². The molecule has 2 aliphatic rings. The Morgan fingerprint density at radius 2 is 1.89 bits per heavy atom. The summed E-state index contributed by atoms with van der Waals surface area (Å²) in [6, 6.07) is 1.40. The van der Waals surface area contributed by atoms with Gasteiger partial charge in [-0.05, 0) is 45.7 Å². The molecule has 3 atom stereocenters. The lowest BCUT2D eigenvalue weighted by Gasteiger charge is -2.40. The van der Waals surface area contributed by atoms with Crippen molar-refractivity contribution in [3.05, 3.63) is 0 Å². The van der Waals surface area contributed by atoms with Gasteiger partial charge in [-0.2, -0.15) is 0 Å². The molecule has 1 aliphatic carbocycles. The molecule has 2 rings (SSSR count). The molecule has 1 aliphatic heterocycles. The first kappa shape index (κ1) is 14.3. The van der Waals surface area contributed by atoms with Gasteiger partial charge in [0.15, 0.2) is 0 Å². The molecule has 0 radical (unpaired) electrons. The van der Waals surface area contributed by atoms with E-state index < -0.39 is 0 Å². The van der Waals surface area contributed by atoms with E-state index in [1.54, 1.807) is 0 Å². The molecule has 0 aromatic rings. The molecule has 3 unspecified atom stereocenters. The molecule has 0 aromatic heterocycles. The quantitative estimate of drug-likeness (QED) is 0.815. The van der Waals surface area contributed by atoms with Crippen molar-refractivity contribution < 1.29 is 4.74 Å². The second-order valence-electron chi connectivity index (χ2n) is 5.94. The Hall–Kier alpha value is -0.120. The maximum Gasteiger partial charge on any atom is 0.0702 e. The number of nitrogens with one attached hydrogen (secondary N) is 1. The molecular weight excluding hydrogens is 224 g/mol. The molecule has 2 fully saturated rings. The van der Waals surface area contributed by atoms with Crippen molar-refractivity contribution in [1.82, 2.24) is 10.2 Å². The van der Waals surface area contributed by atoms with E-state index in [2.05, 4.69) is 24.2 Å². The van der Waals surface area contributed by atoms with E-state index >= 15 is 0 Å². The number of nitrogens with zero attached hydrogens (tertiary/aromatic N) is 1. The standard InChI is InChI=1S/C15H30N2O/c1-3-16-14-9-4-5-10-15(14)17(2)12-13-8-6-7-11-18-13/h13-16H,3-12H2,1-2H3. The van der Waals surface area contributed by atoms with Gasteiger partial charge < -0.3 is 10.1 Å². The van der Waals surface area contributed by atoms with Gasteiger partial charge in [-0.3, -0.25) is 4.90 Å². The van der Waals surface area contributed by atoms with Crippen LogP contribution in [0.15, 0.2) is 0 Å². The molecule has 106 valence electrons. The Morgan fingerprint density at radius 1 is 1.11 bits per heavy atom. The fourth-order valence-corrected chi connectivity index (χ4v) is 3.55. The van der Waals surface area contributed by atoms with Crippen molar-refractivity contribution in [1.29, 1.82) is 0 Å². The van der Waals surface area contributed by atoms with Gasteiger partial charge in [-0.15, -0.1) is 0 Å². The largest absolute Gasteiger partial charge is 0.377 e. The lowest BCUT2D eigenvalue weighted by atomic mass is 9.89. The highest BCUT2D eigenvalue weighted by molar-refractivity contribution is 4.87. The van der Waals surface area contributed by atoms with Crippen LogP contribution in [-0.4, -0.2) is 49.8 Å². The molecular formula is C15H30N2O. The third-order valence-electron chi connectivity index (χ3n) is 4.53. The van der Waals surface area contributed by atoms with E-state index in [4.69, 9.17) is 4.74 Å². The summed E-state index contributed by atoms with van der Waals surface area (Å²) in [5, 5.41) is 3.67. The van der Waals surface area contributed by atoms with Gasteiger partial charge in [0.05, 0.1) is 6.10 Å². The zero-order chi connectivity index (χ0) is 12.8. The molecule has 1 heterocycles. The average Bonchev–Trinajstić information content (AvgIpc) is 2.41. The number of hydrogen-bond donors (Lipinski definition) is 1. The van der Waals surface area contributed by atoms with Crippen molar-refractivity contribution in [2.24, 2.45) is 0 Å². The fourth-order valence-electron chi connectivity index (χ4n) is 3.55. The van der Waals surface area contributed by atoms with Crippen LogP contribution >= 0.6 is 0 Å². The minimum Gasteiger partial charge on any atom is -0.377 e. The van der Waals surface area contributed by atoms with Crippen molar-refractivity contribution in [2.75, 3.05) is 26.7 Å². The molecule has 1 saturated heterocycles. The predicted molar refractivity (Wildman–Crippen MR) is 75.9 cm³/mol. The van der Waals surface area contributed by atoms with E-state index in [0.717, 1.165) is 19.7 Å². The number of likely N-dealkylation sites (N-methyl/N-ethyl adjacent to an activating group) is 2. The van der Waals surface area contributed by atoms with Crippen LogP contribution < -0.4 is 5.32 Å². The predicted octanol–water partition coefficient (Wildman–Crippen LogP) is 2.41. The van der Waals surface area contributed by atoms with Crippen LogP contribution in [0, 0.1) is 0 Å². The topological polar surface area (TPSA) is 24.5 Å². The molecule has 0 amide bonds. The van der Waals surface area contributed by atoms with Gasteiger partial charge in [-0.25, -0.2) is 0 Å². The van der Waals surface area contributed by atoms with E-state index in [1.807, 2.05) is 0 Å². The Bertz CT molecular complexity index is 227. The van der Waals surface area contributed by atoms with E-state index in [1.165, 1.54) is 44.9 Å². The van der Waals surface area contributed by atoms with Crippen LogP contribution in [0.2, 0.25) is 0 Å². The first-order valence-corrected chi connectivity index (χ1v) is 7.86. The zero-order valence-electron chi connectivity index (χ0n) is 12.2. The van der Waals surface area contributed by atoms with Crippen LogP contribution in [0.4, 0.5) is 0 Å². The molecule has 0 aromatic carbocycles. The highest BCUT2D eigenvalue weighted by Crippen LogP contribution is 2.24. The summed E-state index contributed by atoms with van der Waals surface area (Å²) in [6.07, 6.45) is 9.81. The molecule has 3 nitrogen and oxygen atoms in total. The Kier molecular flexibility index (Phi) is 5.93. The minimum atomic E-state index is 0.480. The normalized spacial score (nSPS) is 33.8. The third-order valence-corrected chi connectivity index (χ3v) is 4.53. The van der Waals surface area contributed by atoms with Gasteiger partial charge in [0.25, 0.3) is 0 Å². The van der Waals surface area contributed by atoms with Crippen molar-refractivity contribution in [3.8, 4) is 0 Å². The summed E-state index contributed by atoms with van der Waals surface area (Å²) < 4.78 is 5.87. The fraction of sp³-hybridized carbons (Fsp3) is 1.00. The molecule has 0 bridgehead atoms. The van der Waals surface area contributed by atoms with Crippen LogP contribution in [-0.2, 0) is 4.74 Å². The van der Waals surface area contributed by atoms with Crippen molar-refractivity contribution in [2.45, 2.75) is 70.1 Å². The van der Waals surface area contributed by atoms with Crippen LogP contribution in [0.25, 0.3) is 0 Å². The average molecular weight is 254 g/mol. The summed E-state index contributed by atoms with van der Waals surface area (Å²) in [7, 11) is 2.29. The van der Waals surface area contributed by atoms with Crippen molar-refractivity contribution in [3.63, 3.8) is 0 Å². The van der Waals surface area contributed by atoms with E-state index in [-0.39, 0.29) is 0 Å². The Labute approximate surface area is 112 Å². The van der Waals surface area contributed by atoms with Crippen LogP contribution in [0.3, 0.4) is 0 Å². The molecule has 1 saturated carbocycles. The molecule has 3 heteroatoms. The Morgan fingerprint density at radius 3 is 2.61 bits per heavy atom. The SMILES string of the molecule is CCNC1CCCCC1N(C)CC1CCCCO1. The molecule has 18 heavy (non-hydrogen) atoms. The van der Waals surface area contributed by atoms with Gasteiger partial charge >= 0.3 is 0 Å². The maximum atomic E-state index is 5.87. The lowest BCUT2D eigenvalue weighted by molar-refractivity contribution is -0.0139. The maximum absolute atomic E-state index is 5.87. The van der Waals surface area contributed by atoms with E-state index in [0.29, 0.717) is 18.2 Å². The van der Waals surface area contributed by atoms with Gasteiger partial charge in [-0.1, -0.05) is 19.8 Å². The Balaban J connectivity index is 1.82. The van der Waals surface area contributed by atoms with Gasteiger partial charge in [0, 0.05) is 25.2 Å². The first-order chi connectivity index (χ1) is 8.81. The minimum absolute atomic E-state index is 0.480. The smallest absolute Gasteiger partial charge is 0.0702 e. The highest BCUT2D eigenvalue weighted by atomic mass is 16.5.